The molecule has 0 aliphatic carbocycles. The molecule has 170 valence electrons. The van der Waals surface area contributed by atoms with Crippen molar-refractivity contribution in [2.45, 2.75) is 52.5 Å². The Kier molecular flexibility index (Phi) is 6.62. The lowest BCUT2D eigenvalue weighted by molar-refractivity contribution is -0.115. The zero-order valence-electron chi connectivity index (χ0n) is 19.6. The Balaban J connectivity index is 1.57. The van der Waals surface area contributed by atoms with E-state index in [1.165, 1.54) is 34.2 Å². The van der Waals surface area contributed by atoms with E-state index in [2.05, 4.69) is 60.6 Å². The second-order valence-corrected chi connectivity index (χ2v) is 9.95. The number of nitrogens with zero attached hydrogens (tertiary/aromatic N) is 6. The van der Waals surface area contributed by atoms with Crippen molar-refractivity contribution in [3.8, 4) is 5.69 Å². The molecule has 4 aromatic rings. The van der Waals surface area contributed by atoms with E-state index >= 15 is 0 Å². The number of amides is 1. The smallest absolute Gasteiger partial charge is 0.230 e. The van der Waals surface area contributed by atoms with Crippen LogP contribution >= 0.6 is 23.1 Å². The molecule has 0 saturated carbocycles. The van der Waals surface area contributed by atoms with Crippen LogP contribution in [0.4, 0.5) is 10.8 Å². The average Bonchev–Trinajstić information content (AvgIpc) is 3.38. The fourth-order valence-electron chi connectivity index (χ4n) is 3.98. The van der Waals surface area contributed by atoms with Gasteiger partial charge in [0.1, 0.15) is 0 Å². The van der Waals surface area contributed by atoms with E-state index in [0.29, 0.717) is 16.0 Å². The van der Waals surface area contributed by atoms with Gasteiger partial charge in [0.25, 0.3) is 0 Å². The molecular formula is C24H26N6OS2. The lowest BCUT2D eigenvalue weighted by Gasteiger charge is -2.23. The quantitative estimate of drug-likeness (QED) is 0.334. The molecule has 2 aromatic carbocycles. The van der Waals surface area contributed by atoms with E-state index in [9.17, 15) is 4.79 Å². The lowest BCUT2D eigenvalue weighted by atomic mass is 10.0. The van der Waals surface area contributed by atoms with E-state index in [4.69, 9.17) is 4.98 Å². The van der Waals surface area contributed by atoms with Crippen LogP contribution in [0.3, 0.4) is 0 Å². The van der Waals surface area contributed by atoms with Crippen LogP contribution < -0.4 is 4.90 Å². The van der Waals surface area contributed by atoms with Gasteiger partial charge in [-0.2, -0.15) is 4.68 Å². The molecule has 0 N–H and O–H groups in total. The summed E-state index contributed by atoms with van der Waals surface area (Å²) < 4.78 is 1.76. The number of carbonyl (C=O) groups excluding carboxylic acids is 1. The summed E-state index contributed by atoms with van der Waals surface area (Å²) in [7, 11) is 0. The van der Waals surface area contributed by atoms with Crippen molar-refractivity contribution in [1.29, 1.82) is 0 Å². The van der Waals surface area contributed by atoms with Gasteiger partial charge in [-0.3, -0.25) is 9.69 Å². The Hall–Kier alpha value is -3.04. The third-order valence-corrected chi connectivity index (χ3v) is 7.10. The third kappa shape index (κ3) is 4.84. The van der Waals surface area contributed by atoms with Crippen LogP contribution in [0.2, 0.25) is 0 Å². The number of thiazole rings is 1. The van der Waals surface area contributed by atoms with Crippen molar-refractivity contribution in [2.75, 3.05) is 4.90 Å². The summed E-state index contributed by atoms with van der Waals surface area (Å²) >= 11 is 2.99. The van der Waals surface area contributed by atoms with Crippen molar-refractivity contribution in [3.05, 3.63) is 69.2 Å². The van der Waals surface area contributed by atoms with E-state index in [-0.39, 0.29) is 5.91 Å². The SMILES string of the molecule is CC(=O)N(c1nc(CSc2nnnn2-c2ccc(C)cc2C)cs1)c1c(C)cc(C)cc1C. The average molecular weight is 479 g/mol. The number of rotatable bonds is 6. The highest BCUT2D eigenvalue weighted by Crippen LogP contribution is 2.35. The molecule has 2 heterocycles. The Morgan fingerprint density at radius 1 is 1.03 bits per heavy atom. The molecule has 1 amide bonds. The summed E-state index contributed by atoms with van der Waals surface area (Å²) in [6, 6.07) is 10.4. The van der Waals surface area contributed by atoms with Gasteiger partial charge in [-0.05, 0) is 67.8 Å². The summed E-state index contributed by atoms with van der Waals surface area (Å²) in [6.07, 6.45) is 0. The van der Waals surface area contributed by atoms with Crippen LogP contribution in [0.5, 0.6) is 0 Å². The molecule has 0 saturated heterocycles. The zero-order valence-corrected chi connectivity index (χ0v) is 21.2. The highest BCUT2D eigenvalue weighted by atomic mass is 32.2. The molecule has 7 nitrogen and oxygen atoms in total. The largest absolute Gasteiger partial charge is 0.274 e. The van der Waals surface area contributed by atoms with Crippen molar-refractivity contribution in [3.63, 3.8) is 0 Å². The summed E-state index contributed by atoms with van der Waals surface area (Å²) in [6.45, 7) is 11.8. The molecule has 0 bridgehead atoms. The minimum Gasteiger partial charge on any atom is -0.274 e. The van der Waals surface area contributed by atoms with Gasteiger partial charge < -0.3 is 0 Å². The standard InChI is InChI=1S/C24H26N6OS2/c1-14-7-8-21(16(3)9-14)30-24(26-27-28-30)33-13-20-12-32-23(25-20)29(19(6)31)22-17(4)10-15(2)11-18(22)5/h7-12H,13H2,1-6H3. The Morgan fingerprint density at radius 3 is 2.39 bits per heavy atom. The highest BCUT2D eigenvalue weighted by molar-refractivity contribution is 7.98. The molecule has 0 aliphatic heterocycles. The number of hydrogen-bond donors (Lipinski definition) is 0. The maximum atomic E-state index is 12.6. The van der Waals surface area contributed by atoms with Gasteiger partial charge in [-0.25, -0.2) is 4.98 Å². The maximum absolute atomic E-state index is 12.6. The highest BCUT2D eigenvalue weighted by Gasteiger charge is 2.22. The molecule has 0 unspecified atom stereocenters. The third-order valence-electron chi connectivity index (χ3n) is 5.28. The van der Waals surface area contributed by atoms with Gasteiger partial charge in [-0.15, -0.1) is 16.4 Å². The molecule has 0 radical (unpaired) electrons. The van der Waals surface area contributed by atoms with Crippen molar-refractivity contribution >= 4 is 39.8 Å². The number of thioether (sulfide) groups is 1. The molecule has 9 heteroatoms. The number of anilines is 2. The molecule has 0 aliphatic rings. The second kappa shape index (κ2) is 9.44. The molecular weight excluding hydrogens is 452 g/mol. The van der Waals surface area contributed by atoms with Gasteiger partial charge in [0.2, 0.25) is 11.1 Å². The summed E-state index contributed by atoms with van der Waals surface area (Å²) in [4.78, 5) is 19.1. The minimum absolute atomic E-state index is 0.0580. The van der Waals surface area contributed by atoms with Crippen LogP contribution in [0.15, 0.2) is 40.9 Å². The minimum atomic E-state index is -0.0580. The van der Waals surface area contributed by atoms with Crippen molar-refractivity contribution in [2.24, 2.45) is 0 Å². The maximum Gasteiger partial charge on any atom is 0.230 e. The summed E-state index contributed by atoms with van der Waals surface area (Å²) in [5.41, 5.74) is 8.34. The predicted molar refractivity (Wildman–Crippen MR) is 134 cm³/mol. The number of benzene rings is 2. The monoisotopic (exact) mass is 478 g/mol. The van der Waals surface area contributed by atoms with Crippen LogP contribution in [-0.2, 0) is 10.5 Å². The first-order chi connectivity index (χ1) is 15.7. The van der Waals surface area contributed by atoms with Crippen LogP contribution in [0.25, 0.3) is 5.69 Å². The van der Waals surface area contributed by atoms with Crippen molar-refractivity contribution in [1.82, 2.24) is 25.2 Å². The predicted octanol–water partition coefficient (Wildman–Crippen LogP) is 5.64. The molecule has 0 fully saturated rings. The van der Waals surface area contributed by atoms with E-state index < -0.39 is 0 Å². The van der Waals surface area contributed by atoms with E-state index in [1.54, 1.807) is 16.5 Å². The molecule has 4 rings (SSSR count). The van der Waals surface area contributed by atoms with Crippen LogP contribution in [-0.4, -0.2) is 31.1 Å². The van der Waals surface area contributed by atoms with Crippen molar-refractivity contribution < 1.29 is 4.79 Å². The van der Waals surface area contributed by atoms with Crippen LogP contribution in [0.1, 0.15) is 40.4 Å². The van der Waals surface area contributed by atoms with Gasteiger partial charge in [0.05, 0.1) is 17.1 Å². The number of carbonyl (C=O) groups is 1. The lowest BCUT2D eigenvalue weighted by Crippen LogP contribution is -2.24. The number of aryl methyl sites for hydroxylation is 5. The van der Waals surface area contributed by atoms with Gasteiger partial charge in [-0.1, -0.05) is 47.2 Å². The normalized spacial score (nSPS) is 11.1. The molecule has 2 aromatic heterocycles. The molecule has 0 atom stereocenters. The molecule has 0 spiro atoms. The molecule has 33 heavy (non-hydrogen) atoms. The summed E-state index contributed by atoms with van der Waals surface area (Å²) in [5.74, 6) is 0.539. The number of tetrazole rings is 1. The first kappa shape index (κ1) is 23.1. The topological polar surface area (TPSA) is 76.8 Å². The number of aromatic nitrogens is 5. The number of hydrogen-bond acceptors (Lipinski definition) is 7. The van der Waals surface area contributed by atoms with Gasteiger partial charge in [0, 0.05) is 18.1 Å². The Labute approximate surface area is 201 Å². The fraction of sp³-hybridized carbons (Fsp3) is 0.292. The zero-order chi connectivity index (χ0) is 23.7. The Morgan fingerprint density at radius 2 is 1.73 bits per heavy atom. The van der Waals surface area contributed by atoms with E-state index in [1.807, 2.05) is 25.3 Å². The Bertz CT molecular complexity index is 1300. The first-order valence-corrected chi connectivity index (χ1v) is 12.4. The summed E-state index contributed by atoms with van der Waals surface area (Å²) in [5, 5.41) is 15.6. The van der Waals surface area contributed by atoms with Gasteiger partial charge in [0.15, 0.2) is 5.13 Å². The first-order valence-electron chi connectivity index (χ1n) is 10.6. The second-order valence-electron chi connectivity index (χ2n) is 8.18. The van der Waals surface area contributed by atoms with E-state index in [0.717, 1.165) is 33.8 Å². The van der Waals surface area contributed by atoms with Crippen LogP contribution in [0, 0.1) is 34.6 Å². The fourth-order valence-corrected chi connectivity index (χ4v) is 5.73. The van der Waals surface area contributed by atoms with Gasteiger partial charge >= 0.3 is 0 Å².